The van der Waals surface area contributed by atoms with Crippen LogP contribution in [-0.2, 0) is 9.59 Å². The minimum atomic E-state index is -0.810. The lowest BCUT2D eigenvalue weighted by atomic mass is 9.81. The van der Waals surface area contributed by atoms with Crippen LogP contribution in [0.3, 0.4) is 0 Å². The van der Waals surface area contributed by atoms with E-state index in [4.69, 9.17) is 5.11 Å². The first-order valence-corrected chi connectivity index (χ1v) is 7.64. The minimum absolute atomic E-state index is 0.119. The van der Waals surface area contributed by atoms with Crippen LogP contribution in [0.5, 0.6) is 0 Å². The SMILES string of the molecule is O=C(O)C1CCCC(C(=O)Nc2cccc(-n3ccnn3)c2)C1. The molecule has 7 nitrogen and oxygen atoms in total. The molecule has 2 aromatic rings. The predicted octanol–water partition coefficient (Wildman–Crippen LogP) is 2.10. The van der Waals surface area contributed by atoms with E-state index in [-0.39, 0.29) is 11.8 Å². The van der Waals surface area contributed by atoms with E-state index in [1.165, 1.54) is 0 Å². The van der Waals surface area contributed by atoms with Gasteiger partial charge in [0, 0.05) is 11.6 Å². The predicted molar refractivity (Wildman–Crippen MR) is 83.1 cm³/mol. The van der Waals surface area contributed by atoms with Crippen LogP contribution in [0.2, 0.25) is 0 Å². The maximum Gasteiger partial charge on any atom is 0.306 e. The molecular formula is C16H18N4O3. The van der Waals surface area contributed by atoms with Gasteiger partial charge in [-0.1, -0.05) is 17.7 Å². The summed E-state index contributed by atoms with van der Waals surface area (Å²) < 4.78 is 1.61. The van der Waals surface area contributed by atoms with E-state index in [0.717, 1.165) is 18.5 Å². The highest BCUT2D eigenvalue weighted by molar-refractivity contribution is 5.93. The van der Waals surface area contributed by atoms with E-state index >= 15 is 0 Å². The van der Waals surface area contributed by atoms with Crippen molar-refractivity contribution < 1.29 is 14.7 Å². The molecular weight excluding hydrogens is 296 g/mol. The number of hydrogen-bond acceptors (Lipinski definition) is 4. The molecule has 0 radical (unpaired) electrons. The number of nitrogens with one attached hydrogen (secondary N) is 1. The average molecular weight is 314 g/mol. The maximum atomic E-state index is 12.4. The molecule has 1 fully saturated rings. The molecule has 1 aliphatic rings. The quantitative estimate of drug-likeness (QED) is 0.900. The Morgan fingerprint density at radius 1 is 1.26 bits per heavy atom. The zero-order valence-corrected chi connectivity index (χ0v) is 12.6. The number of hydrogen-bond donors (Lipinski definition) is 2. The van der Waals surface area contributed by atoms with Gasteiger partial charge in [-0.25, -0.2) is 4.68 Å². The van der Waals surface area contributed by atoms with Crippen molar-refractivity contribution >= 4 is 17.6 Å². The van der Waals surface area contributed by atoms with Gasteiger partial charge in [0.1, 0.15) is 0 Å². The molecule has 3 rings (SSSR count). The molecule has 0 aliphatic heterocycles. The van der Waals surface area contributed by atoms with E-state index < -0.39 is 11.9 Å². The van der Waals surface area contributed by atoms with Crippen molar-refractivity contribution in [3.8, 4) is 5.69 Å². The Labute approximate surface area is 133 Å². The number of carbonyl (C=O) groups excluding carboxylic acids is 1. The summed E-state index contributed by atoms with van der Waals surface area (Å²) in [6, 6.07) is 7.30. The second-order valence-corrected chi connectivity index (χ2v) is 5.79. The number of rotatable bonds is 4. The third-order valence-electron chi connectivity index (χ3n) is 4.20. The molecule has 120 valence electrons. The number of aromatic nitrogens is 3. The average Bonchev–Trinajstić information content (AvgIpc) is 3.10. The van der Waals surface area contributed by atoms with Crippen LogP contribution in [0.25, 0.3) is 5.69 Å². The first-order chi connectivity index (χ1) is 11.1. The van der Waals surface area contributed by atoms with E-state index in [1.807, 2.05) is 18.2 Å². The van der Waals surface area contributed by atoms with Gasteiger partial charge in [0.25, 0.3) is 0 Å². The monoisotopic (exact) mass is 314 g/mol. The van der Waals surface area contributed by atoms with Gasteiger partial charge >= 0.3 is 5.97 Å². The number of anilines is 1. The highest BCUT2D eigenvalue weighted by atomic mass is 16.4. The largest absolute Gasteiger partial charge is 0.481 e. The molecule has 2 unspecified atom stereocenters. The molecule has 1 saturated carbocycles. The summed E-state index contributed by atoms with van der Waals surface area (Å²) >= 11 is 0. The first kappa shape index (κ1) is 15.2. The molecule has 1 amide bonds. The molecule has 1 heterocycles. The number of benzene rings is 1. The van der Waals surface area contributed by atoms with Crippen LogP contribution in [0, 0.1) is 11.8 Å². The Balaban J connectivity index is 1.68. The second-order valence-electron chi connectivity index (χ2n) is 5.79. The fraction of sp³-hybridized carbons (Fsp3) is 0.375. The molecule has 0 bridgehead atoms. The molecule has 1 aromatic carbocycles. The highest BCUT2D eigenvalue weighted by Gasteiger charge is 2.31. The van der Waals surface area contributed by atoms with Gasteiger partial charge < -0.3 is 10.4 Å². The van der Waals surface area contributed by atoms with Gasteiger partial charge in [0.05, 0.1) is 24.0 Å². The Morgan fingerprint density at radius 2 is 2.09 bits per heavy atom. The molecule has 2 atom stereocenters. The Hall–Kier alpha value is -2.70. The van der Waals surface area contributed by atoms with E-state index in [9.17, 15) is 9.59 Å². The number of amides is 1. The Bertz CT molecular complexity index is 699. The second kappa shape index (κ2) is 6.60. The number of carbonyl (C=O) groups is 2. The number of nitrogens with zero attached hydrogens (tertiary/aromatic N) is 3. The lowest BCUT2D eigenvalue weighted by Gasteiger charge is -2.25. The van der Waals surface area contributed by atoms with Crippen LogP contribution < -0.4 is 5.32 Å². The topological polar surface area (TPSA) is 97.1 Å². The van der Waals surface area contributed by atoms with Gasteiger partial charge in [-0.2, -0.15) is 0 Å². The van der Waals surface area contributed by atoms with Gasteiger partial charge in [0.2, 0.25) is 5.91 Å². The number of carboxylic acid groups (broad SMARTS) is 1. The molecule has 2 N–H and O–H groups in total. The lowest BCUT2D eigenvalue weighted by Crippen LogP contribution is -2.30. The summed E-state index contributed by atoms with van der Waals surface area (Å²) in [5, 5.41) is 19.7. The standard InChI is InChI=1S/C16H18N4O3/c21-15(11-3-1-4-12(9-11)16(22)23)18-13-5-2-6-14(10-13)20-8-7-17-19-20/h2,5-8,10-12H,1,3-4,9H2,(H,18,21)(H,22,23). The van der Waals surface area contributed by atoms with Crippen molar-refractivity contribution in [3.05, 3.63) is 36.7 Å². The van der Waals surface area contributed by atoms with Gasteiger partial charge in [0.15, 0.2) is 0 Å². The highest BCUT2D eigenvalue weighted by Crippen LogP contribution is 2.30. The van der Waals surface area contributed by atoms with Crippen molar-refractivity contribution in [1.82, 2.24) is 15.0 Å². The van der Waals surface area contributed by atoms with Crippen LogP contribution in [0.1, 0.15) is 25.7 Å². The Morgan fingerprint density at radius 3 is 2.83 bits per heavy atom. The molecule has 23 heavy (non-hydrogen) atoms. The summed E-state index contributed by atoms with van der Waals surface area (Å²) in [7, 11) is 0. The molecule has 0 spiro atoms. The van der Waals surface area contributed by atoms with Crippen LogP contribution >= 0.6 is 0 Å². The van der Waals surface area contributed by atoms with Gasteiger partial charge in [-0.3, -0.25) is 9.59 Å². The zero-order chi connectivity index (χ0) is 16.2. The van der Waals surface area contributed by atoms with Crippen molar-refractivity contribution in [2.75, 3.05) is 5.32 Å². The summed E-state index contributed by atoms with van der Waals surface area (Å²) in [6.07, 6.45) is 5.87. The van der Waals surface area contributed by atoms with Crippen molar-refractivity contribution in [2.45, 2.75) is 25.7 Å². The van der Waals surface area contributed by atoms with Crippen LogP contribution in [-0.4, -0.2) is 32.0 Å². The molecule has 7 heteroatoms. The number of aliphatic carboxylic acids is 1. The van der Waals surface area contributed by atoms with E-state index in [2.05, 4.69) is 15.6 Å². The summed E-state index contributed by atoms with van der Waals surface area (Å²) in [5.74, 6) is -1.59. The minimum Gasteiger partial charge on any atom is -0.481 e. The normalized spacial score (nSPS) is 20.9. The van der Waals surface area contributed by atoms with Gasteiger partial charge in [-0.05, 0) is 37.5 Å². The van der Waals surface area contributed by atoms with Crippen molar-refractivity contribution in [3.63, 3.8) is 0 Å². The third-order valence-corrected chi connectivity index (χ3v) is 4.20. The van der Waals surface area contributed by atoms with Gasteiger partial charge in [-0.15, -0.1) is 5.10 Å². The number of carboxylic acids is 1. The fourth-order valence-corrected chi connectivity index (χ4v) is 2.97. The van der Waals surface area contributed by atoms with E-state index in [0.29, 0.717) is 18.5 Å². The van der Waals surface area contributed by atoms with E-state index in [1.54, 1.807) is 23.1 Å². The maximum absolute atomic E-state index is 12.4. The fourth-order valence-electron chi connectivity index (χ4n) is 2.97. The van der Waals surface area contributed by atoms with Crippen LogP contribution in [0.4, 0.5) is 5.69 Å². The summed E-state index contributed by atoms with van der Waals surface area (Å²) in [5.41, 5.74) is 1.47. The molecule has 1 aromatic heterocycles. The summed E-state index contributed by atoms with van der Waals surface area (Å²) in [6.45, 7) is 0. The smallest absolute Gasteiger partial charge is 0.306 e. The molecule has 0 saturated heterocycles. The zero-order valence-electron chi connectivity index (χ0n) is 12.6. The lowest BCUT2D eigenvalue weighted by molar-refractivity contribution is -0.143. The van der Waals surface area contributed by atoms with Crippen LogP contribution in [0.15, 0.2) is 36.7 Å². The first-order valence-electron chi connectivity index (χ1n) is 7.64. The third kappa shape index (κ3) is 3.56. The molecule has 1 aliphatic carbocycles. The van der Waals surface area contributed by atoms with Crippen molar-refractivity contribution in [1.29, 1.82) is 0 Å². The summed E-state index contributed by atoms with van der Waals surface area (Å²) in [4.78, 5) is 23.5. The van der Waals surface area contributed by atoms with Crippen molar-refractivity contribution in [2.24, 2.45) is 11.8 Å². The Kier molecular flexibility index (Phi) is 4.36.